The molecule has 0 aliphatic carbocycles. The van der Waals surface area contributed by atoms with Crippen molar-refractivity contribution in [2.75, 3.05) is 31.4 Å². The number of rotatable bonds is 5. The smallest absolute Gasteiger partial charge is 0.252 e. The Morgan fingerprint density at radius 1 is 1.24 bits per heavy atom. The minimum Gasteiger partial charge on any atom is -0.381 e. The summed E-state index contributed by atoms with van der Waals surface area (Å²) in [5.74, 6) is 0.454. The molecule has 2 amide bonds. The lowest BCUT2D eigenvalue weighted by atomic mass is 10.0. The Hall–Kier alpha value is -3.42. The molecule has 1 unspecified atom stereocenters. The van der Waals surface area contributed by atoms with Crippen molar-refractivity contribution < 1.29 is 14.3 Å². The summed E-state index contributed by atoms with van der Waals surface area (Å²) in [4.78, 5) is 31.4. The van der Waals surface area contributed by atoms with Gasteiger partial charge < -0.3 is 15.0 Å². The number of hydrogen-bond donors (Lipinski definition) is 1. The zero-order valence-electron chi connectivity index (χ0n) is 18.5. The number of aromatic nitrogens is 3. The molecule has 1 aromatic carbocycles. The lowest BCUT2D eigenvalue weighted by Crippen LogP contribution is -2.42. The first kappa shape index (κ1) is 22.4. The van der Waals surface area contributed by atoms with Gasteiger partial charge >= 0.3 is 0 Å². The van der Waals surface area contributed by atoms with Gasteiger partial charge in [-0.05, 0) is 36.6 Å². The van der Waals surface area contributed by atoms with E-state index in [0.29, 0.717) is 34.1 Å². The number of carbonyl (C=O) groups excluding carboxylic acids is 2. The summed E-state index contributed by atoms with van der Waals surface area (Å²) in [5.41, 5.74) is 3.05. The molecular weight excluding hydrogens is 452 g/mol. The lowest BCUT2D eigenvalue weighted by molar-refractivity contribution is -0.129. The SMILES string of the molecule is N#CC1CSCN1C(=O)CNC(=O)c1ccnc2ccc(-c3cnn(C4CCOCC4)c3)cc12. The van der Waals surface area contributed by atoms with Crippen LogP contribution in [0.4, 0.5) is 0 Å². The van der Waals surface area contributed by atoms with Crippen LogP contribution in [0.15, 0.2) is 42.9 Å². The molecule has 1 N–H and O–H groups in total. The van der Waals surface area contributed by atoms with E-state index in [1.54, 1.807) is 12.3 Å². The summed E-state index contributed by atoms with van der Waals surface area (Å²) in [6.07, 6.45) is 7.34. The molecule has 1 atom stereocenters. The van der Waals surface area contributed by atoms with E-state index >= 15 is 0 Å². The summed E-state index contributed by atoms with van der Waals surface area (Å²) in [6, 6.07) is 9.47. The molecule has 2 aliphatic rings. The average Bonchev–Trinajstić information content (AvgIpc) is 3.57. The molecule has 0 spiro atoms. The van der Waals surface area contributed by atoms with Crippen LogP contribution in [0.25, 0.3) is 22.0 Å². The minimum absolute atomic E-state index is 0.154. The first-order chi connectivity index (χ1) is 16.6. The minimum atomic E-state index is -0.444. The Kier molecular flexibility index (Phi) is 6.47. The highest BCUT2D eigenvalue weighted by atomic mass is 32.2. The van der Waals surface area contributed by atoms with Crippen molar-refractivity contribution in [2.24, 2.45) is 0 Å². The van der Waals surface area contributed by atoms with E-state index in [9.17, 15) is 14.9 Å². The Morgan fingerprint density at radius 3 is 2.91 bits per heavy atom. The zero-order valence-corrected chi connectivity index (χ0v) is 19.3. The molecule has 2 aromatic heterocycles. The first-order valence-electron chi connectivity index (χ1n) is 11.2. The van der Waals surface area contributed by atoms with Crippen LogP contribution in [0, 0.1) is 11.3 Å². The molecule has 10 heteroatoms. The number of pyridine rings is 1. The molecule has 2 aliphatic heterocycles. The average molecular weight is 477 g/mol. The largest absolute Gasteiger partial charge is 0.381 e. The summed E-state index contributed by atoms with van der Waals surface area (Å²) in [7, 11) is 0. The van der Waals surface area contributed by atoms with Gasteiger partial charge in [-0.25, -0.2) is 0 Å². The maximum atomic E-state index is 13.0. The second-order valence-electron chi connectivity index (χ2n) is 8.33. The van der Waals surface area contributed by atoms with Crippen molar-refractivity contribution in [1.82, 2.24) is 25.0 Å². The summed E-state index contributed by atoms with van der Waals surface area (Å²) < 4.78 is 7.44. The Bertz CT molecular complexity index is 1260. The third-order valence-corrected chi connectivity index (χ3v) is 7.25. The fraction of sp³-hybridized carbons (Fsp3) is 0.375. The second kappa shape index (κ2) is 9.83. The van der Waals surface area contributed by atoms with Crippen LogP contribution in [0.5, 0.6) is 0 Å². The van der Waals surface area contributed by atoms with Gasteiger partial charge in [-0.2, -0.15) is 10.4 Å². The van der Waals surface area contributed by atoms with Gasteiger partial charge in [0.25, 0.3) is 5.91 Å². The van der Waals surface area contributed by atoms with E-state index in [4.69, 9.17) is 4.74 Å². The van der Waals surface area contributed by atoms with E-state index in [2.05, 4.69) is 21.5 Å². The van der Waals surface area contributed by atoms with Gasteiger partial charge in [0, 0.05) is 42.3 Å². The number of nitrogens with one attached hydrogen (secondary N) is 1. The monoisotopic (exact) mass is 476 g/mol. The fourth-order valence-corrected chi connectivity index (χ4v) is 5.41. The molecule has 2 saturated heterocycles. The number of benzene rings is 1. The van der Waals surface area contributed by atoms with Crippen LogP contribution in [0.3, 0.4) is 0 Å². The highest BCUT2D eigenvalue weighted by Crippen LogP contribution is 2.28. The molecule has 0 radical (unpaired) electrons. The molecule has 174 valence electrons. The van der Waals surface area contributed by atoms with Crippen LogP contribution >= 0.6 is 11.8 Å². The Balaban J connectivity index is 1.35. The summed E-state index contributed by atoms with van der Waals surface area (Å²) in [5, 5.41) is 17.2. The quantitative estimate of drug-likeness (QED) is 0.602. The summed E-state index contributed by atoms with van der Waals surface area (Å²) in [6.45, 7) is 1.34. The zero-order chi connectivity index (χ0) is 23.5. The topological polar surface area (TPSA) is 113 Å². The molecule has 0 saturated carbocycles. The molecule has 3 aromatic rings. The number of nitriles is 1. The van der Waals surface area contributed by atoms with Gasteiger partial charge in [0.1, 0.15) is 6.04 Å². The number of carbonyl (C=O) groups is 2. The van der Waals surface area contributed by atoms with Crippen LogP contribution in [-0.4, -0.2) is 68.9 Å². The van der Waals surface area contributed by atoms with Crippen molar-refractivity contribution in [3.8, 4) is 17.2 Å². The highest BCUT2D eigenvalue weighted by Gasteiger charge is 2.29. The van der Waals surface area contributed by atoms with Crippen molar-refractivity contribution in [3.05, 3.63) is 48.4 Å². The number of fused-ring (bicyclic) bond motifs is 1. The molecule has 5 rings (SSSR count). The van der Waals surface area contributed by atoms with Gasteiger partial charge in [-0.15, -0.1) is 11.8 Å². The van der Waals surface area contributed by atoms with E-state index in [0.717, 1.165) is 37.2 Å². The normalized spacial score (nSPS) is 18.7. The van der Waals surface area contributed by atoms with Crippen LogP contribution in [0.1, 0.15) is 29.2 Å². The number of hydrogen-bond acceptors (Lipinski definition) is 7. The van der Waals surface area contributed by atoms with Crippen molar-refractivity contribution in [3.63, 3.8) is 0 Å². The molecule has 2 fully saturated rings. The molecule has 0 bridgehead atoms. The third kappa shape index (κ3) is 4.49. The first-order valence-corrected chi connectivity index (χ1v) is 12.4. The van der Waals surface area contributed by atoms with E-state index < -0.39 is 6.04 Å². The van der Waals surface area contributed by atoms with E-state index in [1.165, 1.54) is 16.7 Å². The predicted molar refractivity (Wildman–Crippen MR) is 128 cm³/mol. The molecule has 9 nitrogen and oxygen atoms in total. The van der Waals surface area contributed by atoms with E-state index in [-0.39, 0.29) is 18.4 Å². The number of nitrogens with zero attached hydrogens (tertiary/aromatic N) is 5. The van der Waals surface area contributed by atoms with Crippen molar-refractivity contribution in [2.45, 2.75) is 24.9 Å². The van der Waals surface area contributed by atoms with Gasteiger partial charge in [0.2, 0.25) is 5.91 Å². The van der Waals surface area contributed by atoms with Crippen molar-refractivity contribution in [1.29, 1.82) is 5.26 Å². The standard InChI is InChI=1S/C24H24N6O3S/c25-10-19-14-34-15-29(19)23(31)12-27-24(32)20-3-6-26-22-2-1-16(9-21(20)22)17-11-28-30(13-17)18-4-7-33-8-5-18/h1-3,6,9,11,13,18-19H,4-5,7-8,12,14-15H2,(H,27,32). The van der Waals surface area contributed by atoms with Gasteiger partial charge in [0.15, 0.2) is 0 Å². The van der Waals surface area contributed by atoms with Gasteiger partial charge in [0.05, 0.1) is 41.8 Å². The van der Waals surface area contributed by atoms with Crippen LogP contribution in [-0.2, 0) is 9.53 Å². The predicted octanol–water partition coefficient (Wildman–Crippen LogP) is 2.60. The van der Waals surface area contributed by atoms with E-state index in [1.807, 2.05) is 35.3 Å². The number of thioether (sulfide) groups is 1. The van der Waals surface area contributed by atoms with Crippen LogP contribution in [0.2, 0.25) is 0 Å². The molecule has 4 heterocycles. The highest BCUT2D eigenvalue weighted by molar-refractivity contribution is 7.99. The fourth-order valence-electron chi connectivity index (χ4n) is 4.31. The number of amides is 2. The lowest BCUT2D eigenvalue weighted by Gasteiger charge is -2.22. The maximum Gasteiger partial charge on any atom is 0.252 e. The van der Waals surface area contributed by atoms with Crippen LogP contribution < -0.4 is 5.32 Å². The summed E-state index contributed by atoms with van der Waals surface area (Å²) >= 11 is 1.53. The molecular formula is C24H24N6O3S. The van der Waals surface area contributed by atoms with Gasteiger partial charge in [-0.1, -0.05) is 6.07 Å². The molecule has 34 heavy (non-hydrogen) atoms. The van der Waals surface area contributed by atoms with Crippen molar-refractivity contribution >= 4 is 34.5 Å². The Labute approximate surface area is 201 Å². The maximum absolute atomic E-state index is 13.0. The third-order valence-electron chi connectivity index (χ3n) is 6.24. The number of ether oxygens (including phenoxy) is 1. The second-order valence-corrected chi connectivity index (χ2v) is 9.33. The Morgan fingerprint density at radius 2 is 2.09 bits per heavy atom. The van der Waals surface area contributed by atoms with Gasteiger partial charge in [-0.3, -0.25) is 19.3 Å².